The molecule has 0 bridgehead atoms. The number of nitrogens with two attached hydrogens (primary N) is 1. The van der Waals surface area contributed by atoms with Crippen molar-refractivity contribution in [3.05, 3.63) is 80.5 Å². The Labute approximate surface area is 164 Å². The summed E-state index contributed by atoms with van der Waals surface area (Å²) in [6.45, 7) is 0. The summed E-state index contributed by atoms with van der Waals surface area (Å²) in [7, 11) is 0. The van der Waals surface area contributed by atoms with Gasteiger partial charge in [-0.25, -0.2) is 4.79 Å². The molecule has 0 saturated carbocycles. The Balaban J connectivity index is 1.76. The number of carboxylic acids is 1. The molecule has 140 valence electrons. The van der Waals surface area contributed by atoms with E-state index in [0.717, 1.165) is 17.5 Å². The van der Waals surface area contributed by atoms with E-state index >= 15 is 0 Å². The predicted octanol–water partition coefficient (Wildman–Crippen LogP) is 4.06. The standard InChI is InChI=1S/C21H15ClN2O4/c22-13-3-1-2-11(8-13)4-5-12-6-7-17-14(9-12)18(25)15-10-16(21(26)27)19(23)24-20(15)28-17/h1-3,6-10H,4-5H2,(H2,23,24)(H,26,27). The monoisotopic (exact) mass is 394 g/mol. The number of nitrogens with zero attached hydrogens (tertiary/aromatic N) is 1. The molecule has 0 unspecified atom stereocenters. The summed E-state index contributed by atoms with van der Waals surface area (Å²) in [5, 5.41) is 10.4. The number of benzene rings is 2. The fourth-order valence-corrected chi connectivity index (χ4v) is 3.36. The molecular formula is C21H15ClN2O4. The van der Waals surface area contributed by atoms with E-state index in [1.165, 1.54) is 6.07 Å². The molecular weight excluding hydrogens is 380 g/mol. The summed E-state index contributed by atoms with van der Waals surface area (Å²) < 4.78 is 5.67. The maximum absolute atomic E-state index is 12.9. The number of hydrogen-bond donors (Lipinski definition) is 2. The van der Waals surface area contributed by atoms with Crippen LogP contribution in [0.5, 0.6) is 0 Å². The number of carbonyl (C=O) groups is 1. The van der Waals surface area contributed by atoms with Gasteiger partial charge in [0.2, 0.25) is 11.1 Å². The van der Waals surface area contributed by atoms with Crippen LogP contribution < -0.4 is 11.2 Å². The average molecular weight is 395 g/mol. The largest absolute Gasteiger partial charge is 0.478 e. The lowest BCUT2D eigenvalue weighted by molar-refractivity contribution is 0.0698. The Morgan fingerprint density at radius 1 is 1.07 bits per heavy atom. The Kier molecular flexibility index (Phi) is 4.49. The van der Waals surface area contributed by atoms with Crippen molar-refractivity contribution in [2.24, 2.45) is 0 Å². The molecule has 0 aliphatic carbocycles. The zero-order valence-electron chi connectivity index (χ0n) is 14.6. The van der Waals surface area contributed by atoms with E-state index in [-0.39, 0.29) is 27.9 Å². The van der Waals surface area contributed by atoms with E-state index in [1.807, 2.05) is 30.3 Å². The Bertz CT molecular complexity index is 1300. The maximum atomic E-state index is 12.9. The number of hydrogen-bond acceptors (Lipinski definition) is 5. The molecule has 28 heavy (non-hydrogen) atoms. The van der Waals surface area contributed by atoms with Crippen LogP contribution in [0.1, 0.15) is 21.5 Å². The van der Waals surface area contributed by atoms with E-state index in [1.54, 1.807) is 12.1 Å². The van der Waals surface area contributed by atoms with Gasteiger partial charge in [0.05, 0.1) is 10.8 Å². The molecule has 2 aromatic carbocycles. The van der Waals surface area contributed by atoms with Crippen molar-refractivity contribution in [3.63, 3.8) is 0 Å². The van der Waals surface area contributed by atoms with E-state index in [2.05, 4.69) is 4.98 Å². The van der Waals surface area contributed by atoms with E-state index in [4.69, 9.17) is 21.8 Å². The number of aryl methyl sites for hydroxylation is 2. The Morgan fingerprint density at radius 3 is 2.54 bits per heavy atom. The Morgan fingerprint density at radius 2 is 1.82 bits per heavy atom. The fourth-order valence-electron chi connectivity index (χ4n) is 3.15. The maximum Gasteiger partial charge on any atom is 0.339 e. The average Bonchev–Trinajstić information content (AvgIpc) is 2.66. The molecule has 0 radical (unpaired) electrons. The lowest BCUT2D eigenvalue weighted by atomic mass is 10.0. The van der Waals surface area contributed by atoms with Gasteiger partial charge in [0.15, 0.2) is 0 Å². The first-order valence-electron chi connectivity index (χ1n) is 8.56. The third-order valence-electron chi connectivity index (χ3n) is 4.58. The molecule has 0 aliphatic rings. The van der Waals surface area contributed by atoms with Crippen LogP contribution in [-0.4, -0.2) is 16.1 Å². The smallest absolute Gasteiger partial charge is 0.339 e. The van der Waals surface area contributed by atoms with Crippen LogP contribution in [0.4, 0.5) is 5.82 Å². The molecule has 0 spiro atoms. The number of carboxylic acid groups (broad SMARTS) is 1. The summed E-state index contributed by atoms with van der Waals surface area (Å²) in [4.78, 5) is 28.1. The van der Waals surface area contributed by atoms with Crippen molar-refractivity contribution in [2.75, 3.05) is 5.73 Å². The van der Waals surface area contributed by atoms with Gasteiger partial charge in [0.25, 0.3) is 0 Å². The minimum Gasteiger partial charge on any atom is -0.478 e. The van der Waals surface area contributed by atoms with Crippen molar-refractivity contribution >= 4 is 45.5 Å². The number of fused-ring (bicyclic) bond motifs is 2. The molecule has 0 fully saturated rings. The second-order valence-corrected chi connectivity index (χ2v) is 6.91. The number of halogens is 1. The first-order chi connectivity index (χ1) is 13.4. The number of nitrogen functional groups attached to an aromatic ring is 1. The van der Waals surface area contributed by atoms with Gasteiger partial charge in [-0.1, -0.05) is 29.8 Å². The second-order valence-electron chi connectivity index (χ2n) is 6.47. The highest BCUT2D eigenvalue weighted by Gasteiger charge is 2.16. The van der Waals surface area contributed by atoms with Crippen LogP contribution in [-0.2, 0) is 12.8 Å². The summed E-state index contributed by atoms with van der Waals surface area (Å²) in [6.07, 6.45) is 1.49. The second kappa shape index (κ2) is 6.98. The molecule has 2 heterocycles. The molecule has 6 nitrogen and oxygen atoms in total. The zero-order chi connectivity index (χ0) is 19.8. The molecule has 0 saturated heterocycles. The molecule has 3 N–H and O–H groups in total. The minimum absolute atomic E-state index is 0.0201. The lowest BCUT2D eigenvalue weighted by Crippen LogP contribution is -2.09. The summed E-state index contributed by atoms with van der Waals surface area (Å²) in [5.74, 6) is -1.44. The van der Waals surface area contributed by atoms with Gasteiger partial charge in [-0.3, -0.25) is 4.79 Å². The SMILES string of the molecule is Nc1nc2oc3ccc(CCc4cccc(Cl)c4)cc3c(=O)c2cc1C(=O)O. The summed E-state index contributed by atoms with van der Waals surface area (Å²) >= 11 is 6.02. The third-order valence-corrected chi connectivity index (χ3v) is 4.81. The van der Waals surface area contributed by atoms with Gasteiger partial charge in [-0.15, -0.1) is 0 Å². The van der Waals surface area contributed by atoms with Gasteiger partial charge >= 0.3 is 5.97 Å². The molecule has 2 aromatic heterocycles. The van der Waals surface area contributed by atoms with Crippen molar-refractivity contribution < 1.29 is 14.3 Å². The van der Waals surface area contributed by atoms with Gasteiger partial charge in [0.1, 0.15) is 17.0 Å². The van der Waals surface area contributed by atoms with E-state index < -0.39 is 5.97 Å². The molecule has 4 aromatic rings. The van der Waals surface area contributed by atoms with Gasteiger partial charge < -0.3 is 15.3 Å². The number of aromatic nitrogens is 1. The molecule has 7 heteroatoms. The number of aromatic carboxylic acids is 1. The van der Waals surface area contributed by atoms with Crippen molar-refractivity contribution in [3.8, 4) is 0 Å². The Hall–Kier alpha value is -3.38. The van der Waals surface area contributed by atoms with Gasteiger partial charge in [-0.05, 0) is 54.3 Å². The van der Waals surface area contributed by atoms with Crippen molar-refractivity contribution in [2.45, 2.75) is 12.8 Å². The summed E-state index contributed by atoms with van der Waals surface area (Å²) in [5.41, 5.74) is 7.54. The highest BCUT2D eigenvalue weighted by atomic mass is 35.5. The minimum atomic E-state index is -1.25. The normalized spacial score (nSPS) is 11.2. The van der Waals surface area contributed by atoms with E-state index in [0.29, 0.717) is 22.4 Å². The molecule has 0 amide bonds. The highest BCUT2D eigenvalue weighted by Crippen LogP contribution is 2.22. The highest BCUT2D eigenvalue weighted by molar-refractivity contribution is 6.30. The molecule has 0 aliphatic heterocycles. The van der Waals surface area contributed by atoms with Crippen LogP contribution in [0.3, 0.4) is 0 Å². The van der Waals surface area contributed by atoms with Gasteiger partial charge in [-0.2, -0.15) is 4.98 Å². The lowest BCUT2D eigenvalue weighted by Gasteiger charge is -2.07. The van der Waals surface area contributed by atoms with E-state index in [9.17, 15) is 14.7 Å². The van der Waals surface area contributed by atoms with Crippen LogP contribution in [0.2, 0.25) is 5.02 Å². The van der Waals surface area contributed by atoms with Crippen LogP contribution >= 0.6 is 11.6 Å². The van der Waals surface area contributed by atoms with Crippen LogP contribution in [0.25, 0.3) is 22.1 Å². The summed E-state index contributed by atoms with van der Waals surface area (Å²) in [6, 6.07) is 14.2. The first kappa shape index (κ1) is 18.0. The molecule has 4 rings (SSSR count). The van der Waals surface area contributed by atoms with Crippen LogP contribution in [0.15, 0.2) is 57.7 Å². The fraction of sp³-hybridized carbons (Fsp3) is 0.0952. The van der Waals surface area contributed by atoms with Gasteiger partial charge in [0, 0.05) is 5.02 Å². The molecule has 0 atom stereocenters. The quantitative estimate of drug-likeness (QED) is 0.505. The number of rotatable bonds is 4. The first-order valence-corrected chi connectivity index (χ1v) is 8.94. The zero-order valence-corrected chi connectivity index (χ0v) is 15.4. The third kappa shape index (κ3) is 3.30. The van der Waals surface area contributed by atoms with Crippen LogP contribution in [0, 0.1) is 0 Å². The number of anilines is 1. The topological polar surface area (TPSA) is 106 Å². The van der Waals surface area contributed by atoms with Crippen molar-refractivity contribution in [1.82, 2.24) is 4.98 Å². The number of pyridine rings is 1. The predicted molar refractivity (Wildman–Crippen MR) is 108 cm³/mol. The van der Waals surface area contributed by atoms with Crippen molar-refractivity contribution in [1.29, 1.82) is 0 Å².